The Labute approximate surface area is 176 Å². The number of nitrogens with one attached hydrogen (secondary N) is 1. The van der Waals surface area contributed by atoms with Crippen LogP contribution in [-0.2, 0) is 16.1 Å². The van der Waals surface area contributed by atoms with Crippen molar-refractivity contribution >= 4 is 35.2 Å². The van der Waals surface area contributed by atoms with Crippen LogP contribution in [0.25, 0.3) is 0 Å². The van der Waals surface area contributed by atoms with Crippen molar-refractivity contribution in [2.75, 3.05) is 5.75 Å². The third kappa shape index (κ3) is 6.88. The summed E-state index contributed by atoms with van der Waals surface area (Å²) in [5.74, 6) is 0.0426. The Bertz CT molecular complexity index is 785. The first-order valence-corrected chi connectivity index (χ1v) is 10.8. The predicted molar refractivity (Wildman–Crippen MR) is 117 cm³/mol. The van der Waals surface area contributed by atoms with Gasteiger partial charge in [0.15, 0.2) is 0 Å². The molecule has 0 saturated heterocycles. The van der Waals surface area contributed by atoms with Gasteiger partial charge in [-0.05, 0) is 50.1 Å². The van der Waals surface area contributed by atoms with E-state index >= 15 is 0 Å². The van der Waals surface area contributed by atoms with Crippen LogP contribution in [-0.4, -0.2) is 34.6 Å². The molecule has 0 aliphatic rings. The topological polar surface area (TPSA) is 49.4 Å². The Balaban J connectivity index is 2.14. The first-order valence-electron chi connectivity index (χ1n) is 9.42. The third-order valence-corrected chi connectivity index (χ3v) is 5.75. The fourth-order valence-corrected chi connectivity index (χ4v) is 3.64. The zero-order valence-corrected chi connectivity index (χ0v) is 18.1. The summed E-state index contributed by atoms with van der Waals surface area (Å²) in [6, 6.07) is 16.6. The fourth-order valence-electron chi connectivity index (χ4n) is 2.62. The van der Waals surface area contributed by atoms with Gasteiger partial charge in [-0.3, -0.25) is 9.59 Å². The van der Waals surface area contributed by atoms with Crippen LogP contribution in [0.15, 0.2) is 59.5 Å². The molecule has 2 amide bonds. The minimum Gasteiger partial charge on any atom is -0.352 e. The Morgan fingerprint density at radius 3 is 2.46 bits per heavy atom. The summed E-state index contributed by atoms with van der Waals surface area (Å²) in [4.78, 5) is 28.3. The summed E-state index contributed by atoms with van der Waals surface area (Å²) in [6.07, 6.45) is 0.838. The first kappa shape index (κ1) is 22.3. The van der Waals surface area contributed by atoms with E-state index in [9.17, 15) is 9.59 Å². The summed E-state index contributed by atoms with van der Waals surface area (Å²) in [5, 5.41) is 3.58. The minimum absolute atomic E-state index is 0.0664. The second kappa shape index (κ2) is 11.1. The molecular weight excluding hydrogens is 392 g/mol. The van der Waals surface area contributed by atoms with Crippen molar-refractivity contribution in [1.29, 1.82) is 0 Å². The average molecular weight is 419 g/mol. The van der Waals surface area contributed by atoms with Crippen molar-refractivity contribution in [3.05, 3.63) is 65.2 Å². The molecule has 2 aromatic carbocycles. The van der Waals surface area contributed by atoms with Crippen LogP contribution in [0.4, 0.5) is 0 Å². The lowest BCUT2D eigenvalue weighted by molar-refractivity contribution is -0.138. The lowest BCUT2D eigenvalue weighted by Gasteiger charge is -2.29. The molecule has 1 N–H and O–H groups in total. The Morgan fingerprint density at radius 1 is 1.11 bits per heavy atom. The summed E-state index contributed by atoms with van der Waals surface area (Å²) in [6.45, 7) is 6.08. The van der Waals surface area contributed by atoms with Crippen LogP contribution in [0.5, 0.6) is 0 Å². The van der Waals surface area contributed by atoms with Gasteiger partial charge in [0, 0.05) is 22.5 Å². The predicted octanol–water partition coefficient (Wildman–Crippen LogP) is 4.76. The van der Waals surface area contributed by atoms with Crippen molar-refractivity contribution < 1.29 is 9.59 Å². The molecule has 150 valence electrons. The van der Waals surface area contributed by atoms with E-state index in [1.54, 1.807) is 17.9 Å². The van der Waals surface area contributed by atoms with Gasteiger partial charge in [-0.1, -0.05) is 48.9 Å². The van der Waals surface area contributed by atoms with Gasteiger partial charge in [0.1, 0.15) is 6.04 Å². The lowest BCUT2D eigenvalue weighted by atomic mass is 10.1. The van der Waals surface area contributed by atoms with Crippen LogP contribution in [0.3, 0.4) is 0 Å². The highest BCUT2D eigenvalue weighted by molar-refractivity contribution is 8.00. The maximum atomic E-state index is 13.0. The highest BCUT2D eigenvalue weighted by Crippen LogP contribution is 2.20. The highest BCUT2D eigenvalue weighted by atomic mass is 35.5. The number of nitrogens with zero attached hydrogens (tertiary/aromatic N) is 1. The molecule has 0 saturated carbocycles. The van der Waals surface area contributed by atoms with Crippen molar-refractivity contribution in [2.24, 2.45) is 0 Å². The SMILES string of the molecule is CC[C@@H](C)NC(=O)[C@H](C)N(Cc1cccc(Cl)c1)C(=O)CSc1ccccc1. The summed E-state index contributed by atoms with van der Waals surface area (Å²) >= 11 is 7.56. The van der Waals surface area contributed by atoms with Crippen LogP contribution in [0, 0.1) is 0 Å². The Morgan fingerprint density at radius 2 is 1.82 bits per heavy atom. The van der Waals surface area contributed by atoms with E-state index in [4.69, 9.17) is 11.6 Å². The van der Waals surface area contributed by atoms with Gasteiger partial charge >= 0.3 is 0 Å². The number of carbonyl (C=O) groups is 2. The van der Waals surface area contributed by atoms with E-state index in [-0.39, 0.29) is 23.6 Å². The smallest absolute Gasteiger partial charge is 0.242 e. The summed E-state index contributed by atoms with van der Waals surface area (Å²) in [5.41, 5.74) is 0.897. The third-order valence-electron chi connectivity index (χ3n) is 4.52. The van der Waals surface area contributed by atoms with Crippen LogP contribution < -0.4 is 5.32 Å². The van der Waals surface area contributed by atoms with Crippen molar-refractivity contribution in [2.45, 2.75) is 50.7 Å². The molecule has 2 rings (SSSR count). The van der Waals surface area contributed by atoms with E-state index in [0.29, 0.717) is 11.6 Å². The average Bonchev–Trinajstić information content (AvgIpc) is 2.70. The van der Waals surface area contributed by atoms with E-state index in [2.05, 4.69) is 5.32 Å². The molecule has 0 fully saturated rings. The Hall–Kier alpha value is -1.98. The van der Waals surface area contributed by atoms with Gasteiger partial charge in [-0.15, -0.1) is 11.8 Å². The number of halogens is 1. The van der Waals surface area contributed by atoms with E-state index in [1.165, 1.54) is 11.8 Å². The number of benzene rings is 2. The van der Waals surface area contributed by atoms with Gasteiger partial charge in [0.05, 0.1) is 5.75 Å². The van der Waals surface area contributed by atoms with Crippen molar-refractivity contribution in [3.63, 3.8) is 0 Å². The first-order chi connectivity index (χ1) is 13.4. The molecule has 6 heteroatoms. The number of carbonyl (C=O) groups excluding carboxylic acids is 2. The minimum atomic E-state index is -0.572. The second-order valence-electron chi connectivity index (χ2n) is 6.75. The van der Waals surface area contributed by atoms with Gasteiger partial charge < -0.3 is 10.2 Å². The quantitative estimate of drug-likeness (QED) is 0.597. The van der Waals surface area contributed by atoms with E-state index < -0.39 is 6.04 Å². The molecule has 0 aromatic heterocycles. The molecule has 0 aliphatic carbocycles. The molecule has 4 nitrogen and oxygen atoms in total. The standard InChI is InChI=1S/C22H27ClN2O2S/c1-4-16(2)24-22(27)17(3)25(14-18-9-8-10-19(23)13-18)21(26)15-28-20-11-6-5-7-12-20/h5-13,16-17H,4,14-15H2,1-3H3,(H,24,27)/t16-,17+/m1/s1. The van der Waals surface area contributed by atoms with Gasteiger partial charge in [0.2, 0.25) is 11.8 Å². The number of hydrogen-bond acceptors (Lipinski definition) is 3. The molecule has 28 heavy (non-hydrogen) atoms. The summed E-state index contributed by atoms with van der Waals surface area (Å²) in [7, 11) is 0. The number of rotatable bonds is 9. The van der Waals surface area contributed by atoms with Crippen LogP contribution in [0.2, 0.25) is 5.02 Å². The molecule has 0 aliphatic heterocycles. The van der Waals surface area contributed by atoms with Gasteiger partial charge in [0.25, 0.3) is 0 Å². The number of thioether (sulfide) groups is 1. The van der Waals surface area contributed by atoms with E-state index in [1.807, 2.05) is 62.4 Å². The lowest BCUT2D eigenvalue weighted by Crippen LogP contribution is -2.50. The number of amides is 2. The highest BCUT2D eigenvalue weighted by Gasteiger charge is 2.26. The maximum absolute atomic E-state index is 13.0. The number of hydrogen-bond donors (Lipinski definition) is 1. The molecule has 0 radical (unpaired) electrons. The van der Waals surface area contributed by atoms with Gasteiger partial charge in [-0.2, -0.15) is 0 Å². The largest absolute Gasteiger partial charge is 0.352 e. The van der Waals surface area contributed by atoms with Crippen LogP contribution in [0.1, 0.15) is 32.8 Å². The normalized spacial score (nSPS) is 12.9. The molecular formula is C22H27ClN2O2S. The zero-order chi connectivity index (χ0) is 20.5. The van der Waals surface area contributed by atoms with Crippen LogP contribution >= 0.6 is 23.4 Å². The molecule has 0 bridgehead atoms. The molecule has 0 spiro atoms. The monoisotopic (exact) mass is 418 g/mol. The molecule has 2 atom stereocenters. The molecule has 0 heterocycles. The zero-order valence-electron chi connectivity index (χ0n) is 16.5. The van der Waals surface area contributed by atoms with Crippen molar-refractivity contribution in [3.8, 4) is 0 Å². The molecule has 0 unspecified atom stereocenters. The van der Waals surface area contributed by atoms with Gasteiger partial charge in [-0.25, -0.2) is 0 Å². The Kier molecular flexibility index (Phi) is 8.87. The van der Waals surface area contributed by atoms with E-state index in [0.717, 1.165) is 16.9 Å². The summed E-state index contributed by atoms with van der Waals surface area (Å²) < 4.78 is 0. The molecule has 2 aromatic rings. The second-order valence-corrected chi connectivity index (χ2v) is 8.23. The maximum Gasteiger partial charge on any atom is 0.242 e. The van der Waals surface area contributed by atoms with Crippen molar-refractivity contribution in [1.82, 2.24) is 10.2 Å². The fraction of sp³-hybridized carbons (Fsp3) is 0.364.